The Hall–Kier alpha value is -1.32. The van der Waals surface area contributed by atoms with E-state index in [1.54, 1.807) is 0 Å². The molecule has 1 saturated heterocycles. The van der Waals surface area contributed by atoms with Crippen LogP contribution in [0.15, 0.2) is 36.8 Å². The van der Waals surface area contributed by atoms with Gasteiger partial charge in [0.1, 0.15) is 5.65 Å². The van der Waals surface area contributed by atoms with Gasteiger partial charge in [-0.05, 0) is 48.1 Å². The quantitative estimate of drug-likeness (QED) is 0.854. The zero-order valence-corrected chi connectivity index (χ0v) is 10.9. The number of nitrogens with one attached hydrogen (secondary N) is 1. The van der Waals surface area contributed by atoms with Crippen molar-refractivity contribution in [2.24, 2.45) is 11.8 Å². The zero-order valence-electron chi connectivity index (χ0n) is 10.0. The summed E-state index contributed by atoms with van der Waals surface area (Å²) >= 11 is 0. The molecule has 3 nitrogen and oxygen atoms in total. The molecule has 0 radical (unpaired) electrons. The van der Waals surface area contributed by atoms with Crippen molar-refractivity contribution >= 4 is 23.6 Å². The minimum absolute atomic E-state index is 0. The Labute approximate surface area is 112 Å². The van der Waals surface area contributed by atoms with Crippen molar-refractivity contribution in [3.63, 3.8) is 0 Å². The van der Waals surface area contributed by atoms with Gasteiger partial charge in [-0.1, -0.05) is 6.08 Å². The predicted molar refractivity (Wildman–Crippen MR) is 74.9 cm³/mol. The first-order valence-electron chi connectivity index (χ1n) is 6.25. The Morgan fingerprint density at radius 2 is 2.22 bits per heavy atom. The van der Waals surface area contributed by atoms with E-state index in [0.717, 1.165) is 24.0 Å². The third kappa shape index (κ3) is 1.74. The van der Waals surface area contributed by atoms with Gasteiger partial charge < -0.3 is 9.72 Å². The van der Waals surface area contributed by atoms with Crippen LogP contribution in [0.4, 0.5) is 0 Å². The van der Waals surface area contributed by atoms with Crippen molar-refractivity contribution in [3.8, 4) is 0 Å². The van der Waals surface area contributed by atoms with E-state index in [1.807, 2.05) is 12.4 Å². The van der Waals surface area contributed by atoms with Crippen LogP contribution in [-0.2, 0) is 0 Å². The molecule has 0 saturated carbocycles. The standard InChI is InChI=1S/C14H15N3.ClH/c1-2-14-16-3-4-17(14)9-10(1)11-5-12-7-15-8-13(12)6-11;/h1-5,9,12-13,15H,6-8H2;1H/t12-,13+;/m0./s1. The first-order valence-corrected chi connectivity index (χ1v) is 6.25. The van der Waals surface area contributed by atoms with Crippen molar-refractivity contribution in [2.45, 2.75) is 6.42 Å². The van der Waals surface area contributed by atoms with Gasteiger partial charge in [-0.3, -0.25) is 0 Å². The molecular weight excluding hydrogens is 246 g/mol. The summed E-state index contributed by atoms with van der Waals surface area (Å²) in [6, 6.07) is 4.30. The first-order chi connectivity index (χ1) is 8.40. The van der Waals surface area contributed by atoms with E-state index in [1.165, 1.54) is 24.1 Å². The lowest BCUT2D eigenvalue weighted by molar-refractivity contribution is 0.536. The fraction of sp³-hybridized carbons (Fsp3) is 0.357. The Morgan fingerprint density at radius 3 is 3.11 bits per heavy atom. The van der Waals surface area contributed by atoms with Crippen LogP contribution in [0.25, 0.3) is 11.2 Å². The summed E-state index contributed by atoms with van der Waals surface area (Å²) in [5, 5.41) is 3.46. The van der Waals surface area contributed by atoms with Crippen LogP contribution in [0.5, 0.6) is 0 Å². The summed E-state index contributed by atoms with van der Waals surface area (Å²) in [5.41, 5.74) is 3.89. The average Bonchev–Trinajstić information content (AvgIpc) is 3.02. The lowest BCUT2D eigenvalue weighted by Crippen LogP contribution is -2.09. The molecule has 2 aliphatic rings. The average molecular weight is 262 g/mol. The topological polar surface area (TPSA) is 29.3 Å². The van der Waals surface area contributed by atoms with E-state index >= 15 is 0 Å². The van der Waals surface area contributed by atoms with Gasteiger partial charge in [-0.2, -0.15) is 0 Å². The van der Waals surface area contributed by atoms with Gasteiger partial charge in [0.25, 0.3) is 0 Å². The third-order valence-electron chi connectivity index (χ3n) is 4.05. The summed E-state index contributed by atoms with van der Waals surface area (Å²) in [7, 11) is 0. The largest absolute Gasteiger partial charge is 0.316 e. The van der Waals surface area contributed by atoms with Crippen LogP contribution in [0.1, 0.15) is 12.0 Å². The molecule has 4 rings (SSSR count). The number of pyridine rings is 1. The van der Waals surface area contributed by atoms with Gasteiger partial charge in [0.2, 0.25) is 0 Å². The van der Waals surface area contributed by atoms with Gasteiger partial charge in [0.05, 0.1) is 0 Å². The molecular formula is C14H16ClN3. The Bertz CT molecular complexity index is 602. The van der Waals surface area contributed by atoms with E-state index in [2.05, 4.69) is 39.1 Å². The molecule has 1 aliphatic heterocycles. The second-order valence-corrected chi connectivity index (χ2v) is 5.09. The fourth-order valence-corrected chi connectivity index (χ4v) is 3.10. The maximum atomic E-state index is 4.28. The highest BCUT2D eigenvalue weighted by molar-refractivity contribution is 5.85. The van der Waals surface area contributed by atoms with E-state index in [4.69, 9.17) is 0 Å². The smallest absolute Gasteiger partial charge is 0.136 e. The van der Waals surface area contributed by atoms with Crippen LogP contribution >= 0.6 is 12.4 Å². The number of rotatable bonds is 1. The number of hydrogen-bond donors (Lipinski definition) is 1. The van der Waals surface area contributed by atoms with Crippen LogP contribution in [0.2, 0.25) is 0 Å². The van der Waals surface area contributed by atoms with Gasteiger partial charge in [0.15, 0.2) is 0 Å². The van der Waals surface area contributed by atoms with Crippen LogP contribution in [0.3, 0.4) is 0 Å². The highest BCUT2D eigenvalue weighted by atomic mass is 35.5. The van der Waals surface area contributed by atoms with Crippen molar-refractivity contribution in [1.29, 1.82) is 0 Å². The summed E-state index contributed by atoms with van der Waals surface area (Å²) in [5.74, 6) is 1.58. The maximum Gasteiger partial charge on any atom is 0.136 e. The van der Waals surface area contributed by atoms with Crippen molar-refractivity contribution in [3.05, 3.63) is 42.4 Å². The number of fused-ring (bicyclic) bond motifs is 2. The lowest BCUT2D eigenvalue weighted by Gasteiger charge is -2.07. The van der Waals surface area contributed by atoms with Crippen LogP contribution < -0.4 is 5.32 Å². The molecule has 0 aromatic carbocycles. The van der Waals surface area contributed by atoms with Crippen LogP contribution in [-0.4, -0.2) is 22.5 Å². The molecule has 0 amide bonds. The number of hydrogen-bond acceptors (Lipinski definition) is 2. The minimum Gasteiger partial charge on any atom is -0.316 e. The van der Waals surface area contributed by atoms with E-state index < -0.39 is 0 Å². The molecule has 4 heteroatoms. The molecule has 0 spiro atoms. The third-order valence-corrected chi connectivity index (χ3v) is 4.05. The second-order valence-electron chi connectivity index (χ2n) is 5.09. The Kier molecular flexibility index (Phi) is 2.88. The lowest BCUT2D eigenvalue weighted by atomic mass is 9.99. The maximum absolute atomic E-state index is 4.28. The fourth-order valence-electron chi connectivity index (χ4n) is 3.10. The number of halogens is 1. The molecule has 3 heterocycles. The van der Waals surface area contributed by atoms with Gasteiger partial charge in [0, 0.05) is 25.1 Å². The number of aromatic nitrogens is 2. The van der Waals surface area contributed by atoms with Crippen molar-refractivity contribution in [1.82, 2.24) is 14.7 Å². The number of allylic oxidation sites excluding steroid dienone is 1. The monoisotopic (exact) mass is 261 g/mol. The second kappa shape index (κ2) is 4.41. The van der Waals surface area contributed by atoms with Crippen molar-refractivity contribution < 1.29 is 0 Å². The molecule has 18 heavy (non-hydrogen) atoms. The number of nitrogens with zero attached hydrogens (tertiary/aromatic N) is 2. The van der Waals surface area contributed by atoms with E-state index in [-0.39, 0.29) is 12.4 Å². The Morgan fingerprint density at radius 1 is 1.28 bits per heavy atom. The van der Waals surface area contributed by atoms with E-state index in [0.29, 0.717) is 0 Å². The van der Waals surface area contributed by atoms with Crippen LogP contribution in [0, 0.1) is 11.8 Å². The summed E-state index contributed by atoms with van der Waals surface area (Å²) in [4.78, 5) is 4.28. The highest BCUT2D eigenvalue weighted by Gasteiger charge is 2.31. The normalized spacial score (nSPS) is 25.9. The van der Waals surface area contributed by atoms with Gasteiger partial charge >= 0.3 is 0 Å². The highest BCUT2D eigenvalue weighted by Crippen LogP contribution is 2.38. The molecule has 0 unspecified atom stereocenters. The zero-order chi connectivity index (χ0) is 11.2. The Balaban J connectivity index is 0.000001000. The minimum atomic E-state index is 0. The van der Waals surface area contributed by atoms with Gasteiger partial charge in [-0.15, -0.1) is 12.4 Å². The molecule has 1 N–H and O–H groups in total. The summed E-state index contributed by atoms with van der Waals surface area (Å²) < 4.78 is 2.10. The summed E-state index contributed by atoms with van der Waals surface area (Å²) in [6.45, 7) is 2.33. The van der Waals surface area contributed by atoms with Gasteiger partial charge in [-0.25, -0.2) is 4.98 Å². The molecule has 0 bridgehead atoms. The summed E-state index contributed by atoms with van der Waals surface area (Å²) in [6.07, 6.45) is 9.74. The van der Waals surface area contributed by atoms with E-state index in [9.17, 15) is 0 Å². The molecule has 2 aromatic heterocycles. The molecule has 2 aromatic rings. The molecule has 2 atom stereocenters. The number of imidazole rings is 1. The molecule has 1 aliphatic carbocycles. The predicted octanol–water partition coefficient (Wildman–Crippen LogP) is 2.38. The molecule has 1 fully saturated rings. The SMILES string of the molecule is C1=C(c2ccc3nccn3c2)C[C@@H]2CNC[C@H]12.Cl. The molecule has 94 valence electrons. The van der Waals surface area contributed by atoms with Crippen molar-refractivity contribution in [2.75, 3.05) is 13.1 Å². The first kappa shape index (κ1) is 11.8.